The molecule has 2 N–H and O–H groups in total. The van der Waals surface area contributed by atoms with Crippen molar-refractivity contribution < 1.29 is 13.5 Å². The molecule has 0 saturated heterocycles. The second-order valence-electron chi connectivity index (χ2n) is 4.76. The molecule has 0 aliphatic rings. The first-order valence-electron chi connectivity index (χ1n) is 5.68. The van der Waals surface area contributed by atoms with E-state index < -0.39 is 21.2 Å². The summed E-state index contributed by atoms with van der Waals surface area (Å²) < 4.78 is 25.8. The van der Waals surface area contributed by atoms with Crippen LogP contribution in [0.5, 0.6) is 0 Å². The minimum atomic E-state index is -3.80. The molecule has 0 amide bonds. The number of nitrogens with one attached hydrogen (secondary N) is 1. The smallest absolute Gasteiger partial charge is 0.266 e. The summed E-state index contributed by atoms with van der Waals surface area (Å²) in [6, 6.07) is 1.10. The second-order valence-corrected chi connectivity index (χ2v) is 7.10. The summed E-state index contributed by atoms with van der Waals surface area (Å²) in [5.41, 5.74) is -1.71. The van der Waals surface area contributed by atoms with Crippen molar-refractivity contribution in [2.45, 2.75) is 31.3 Å². The fourth-order valence-electron chi connectivity index (χ4n) is 1.53. The van der Waals surface area contributed by atoms with Crippen molar-refractivity contribution in [1.29, 1.82) is 0 Å². The van der Waals surface area contributed by atoms with Gasteiger partial charge in [0.25, 0.3) is 5.56 Å². The highest BCUT2D eigenvalue weighted by molar-refractivity contribution is 7.89. The number of pyridine rings is 1. The molecule has 0 radical (unpaired) electrons. The first kappa shape index (κ1) is 16.2. The molecule has 0 unspecified atom stereocenters. The van der Waals surface area contributed by atoms with Crippen LogP contribution in [-0.4, -0.2) is 41.5 Å². The number of H-pyrrole nitrogens is 1. The van der Waals surface area contributed by atoms with Gasteiger partial charge in [-0.2, -0.15) is 4.31 Å². The number of sulfonamides is 1. The molecule has 0 spiro atoms. The molecular formula is C11H17ClN2O4S. The van der Waals surface area contributed by atoms with Gasteiger partial charge in [0.15, 0.2) is 0 Å². The van der Waals surface area contributed by atoms with Crippen molar-refractivity contribution >= 4 is 21.6 Å². The molecule has 0 aliphatic heterocycles. The van der Waals surface area contributed by atoms with Crippen LogP contribution in [0.4, 0.5) is 0 Å². The molecule has 0 fully saturated rings. The standard InChI is InChI=1S/C11H17ClN2O4S/c1-4-14(7-11(2,3)16)19(17,18)8-5-9(12)10(15)13-6-8/h5-6,16H,4,7H2,1-3H3,(H,13,15). The van der Waals surface area contributed by atoms with Gasteiger partial charge in [0.05, 0.1) is 10.5 Å². The van der Waals surface area contributed by atoms with E-state index in [1.165, 1.54) is 13.8 Å². The molecule has 6 nitrogen and oxygen atoms in total. The molecule has 1 aromatic heterocycles. The van der Waals surface area contributed by atoms with Crippen LogP contribution in [-0.2, 0) is 10.0 Å². The minimum Gasteiger partial charge on any atom is -0.389 e. The molecule has 8 heteroatoms. The van der Waals surface area contributed by atoms with E-state index in [2.05, 4.69) is 4.98 Å². The van der Waals surface area contributed by atoms with Gasteiger partial charge in [0.2, 0.25) is 10.0 Å². The number of likely N-dealkylation sites (N-methyl/N-ethyl adjacent to an activating group) is 1. The van der Waals surface area contributed by atoms with Crippen molar-refractivity contribution in [2.75, 3.05) is 13.1 Å². The van der Waals surface area contributed by atoms with Gasteiger partial charge in [-0.05, 0) is 19.9 Å². The zero-order valence-corrected chi connectivity index (χ0v) is 12.5. The maximum atomic E-state index is 12.3. The summed E-state index contributed by atoms with van der Waals surface area (Å²) in [7, 11) is -3.80. The normalized spacial score (nSPS) is 12.9. The highest BCUT2D eigenvalue weighted by Crippen LogP contribution is 2.18. The van der Waals surface area contributed by atoms with Crippen LogP contribution in [0.1, 0.15) is 20.8 Å². The monoisotopic (exact) mass is 308 g/mol. The molecule has 0 aromatic carbocycles. The first-order chi connectivity index (χ1) is 8.58. The van der Waals surface area contributed by atoms with Crippen molar-refractivity contribution in [2.24, 2.45) is 0 Å². The summed E-state index contributed by atoms with van der Waals surface area (Å²) in [6.45, 7) is 4.85. The average Bonchev–Trinajstić information content (AvgIpc) is 2.28. The van der Waals surface area contributed by atoms with E-state index in [4.69, 9.17) is 11.6 Å². The van der Waals surface area contributed by atoms with Crippen LogP contribution in [0, 0.1) is 0 Å². The Hall–Kier alpha value is -0.890. The van der Waals surface area contributed by atoms with Crippen molar-refractivity contribution in [3.63, 3.8) is 0 Å². The quantitative estimate of drug-likeness (QED) is 0.842. The van der Waals surface area contributed by atoms with Crippen LogP contribution in [0.15, 0.2) is 22.0 Å². The minimum absolute atomic E-state index is 0.0530. The predicted molar refractivity (Wildman–Crippen MR) is 72.8 cm³/mol. The third-order valence-electron chi connectivity index (χ3n) is 2.39. The van der Waals surface area contributed by atoms with Crippen LogP contribution in [0.2, 0.25) is 5.02 Å². The lowest BCUT2D eigenvalue weighted by Crippen LogP contribution is -2.42. The molecule has 1 heterocycles. The summed E-state index contributed by atoms with van der Waals surface area (Å²) in [5.74, 6) is 0. The van der Waals surface area contributed by atoms with Crippen LogP contribution < -0.4 is 5.56 Å². The predicted octanol–water partition coefficient (Wildman–Crippen LogP) is 0.810. The molecule has 19 heavy (non-hydrogen) atoms. The van der Waals surface area contributed by atoms with E-state index in [1.807, 2.05) is 0 Å². The van der Waals surface area contributed by atoms with Crippen LogP contribution >= 0.6 is 11.6 Å². The van der Waals surface area contributed by atoms with Gasteiger partial charge in [0.1, 0.15) is 5.02 Å². The van der Waals surface area contributed by atoms with E-state index in [0.717, 1.165) is 16.6 Å². The Morgan fingerprint density at radius 2 is 2.05 bits per heavy atom. The van der Waals surface area contributed by atoms with Gasteiger partial charge in [0, 0.05) is 19.3 Å². The molecular weight excluding hydrogens is 292 g/mol. The molecule has 108 valence electrons. The average molecular weight is 309 g/mol. The molecule has 1 rings (SSSR count). The Morgan fingerprint density at radius 1 is 1.47 bits per heavy atom. The Kier molecular flexibility index (Phi) is 4.78. The molecule has 0 atom stereocenters. The zero-order chi connectivity index (χ0) is 14.8. The number of hydrogen-bond acceptors (Lipinski definition) is 4. The van der Waals surface area contributed by atoms with Crippen molar-refractivity contribution in [3.8, 4) is 0 Å². The Labute approximate surface area is 117 Å². The van der Waals surface area contributed by atoms with Crippen LogP contribution in [0.25, 0.3) is 0 Å². The molecule has 1 aromatic rings. The fraction of sp³-hybridized carbons (Fsp3) is 0.545. The molecule has 0 bridgehead atoms. The van der Waals surface area contributed by atoms with Crippen LogP contribution in [0.3, 0.4) is 0 Å². The second kappa shape index (κ2) is 5.62. The Morgan fingerprint density at radius 3 is 2.47 bits per heavy atom. The number of nitrogens with zero attached hydrogens (tertiary/aromatic N) is 1. The number of aliphatic hydroxyl groups is 1. The largest absolute Gasteiger partial charge is 0.389 e. The lowest BCUT2D eigenvalue weighted by Gasteiger charge is -2.27. The Balaban J connectivity index is 3.21. The van der Waals surface area contributed by atoms with E-state index >= 15 is 0 Å². The van der Waals surface area contributed by atoms with E-state index in [9.17, 15) is 18.3 Å². The maximum absolute atomic E-state index is 12.3. The summed E-state index contributed by atoms with van der Waals surface area (Å²) in [5, 5.41) is 9.54. The highest BCUT2D eigenvalue weighted by Gasteiger charge is 2.28. The number of aromatic nitrogens is 1. The summed E-state index contributed by atoms with van der Waals surface area (Å²) >= 11 is 5.62. The molecule has 0 aliphatic carbocycles. The van der Waals surface area contributed by atoms with Gasteiger partial charge in [-0.25, -0.2) is 8.42 Å². The lowest BCUT2D eigenvalue weighted by atomic mass is 10.1. The van der Waals surface area contributed by atoms with Gasteiger partial charge in [-0.3, -0.25) is 4.79 Å². The van der Waals surface area contributed by atoms with Crippen molar-refractivity contribution in [3.05, 3.63) is 27.6 Å². The highest BCUT2D eigenvalue weighted by atomic mass is 35.5. The van der Waals surface area contributed by atoms with Gasteiger partial charge in [-0.1, -0.05) is 18.5 Å². The number of halogens is 1. The van der Waals surface area contributed by atoms with E-state index in [1.54, 1.807) is 6.92 Å². The number of aromatic amines is 1. The zero-order valence-electron chi connectivity index (χ0n) is 11.0. The van der Waals surface area contributed by atoms with E-state index in [-0.39, 0.29) is 23.0 Å². The first-order valence-corrected chi connectivity index (χ1v) is 7.50. The lowest BCUT2D eigenvalue weighted by molar-refractivity contribution is 0.0601. The van der Waals surface area contributed by atoms with Gasteiger partial charge >= 0.3 is 0 Å². The summed E-state index contributed by atoms with van der Waals surface area (Å²) in [4.78, 5) is 13.3. The number of rotatable bonds is 5. The fourth-order valence-corrected chi connectivity index (χ4v) is 3.37. The van der Waals surface area contributed by atoms with Gasteiger partial charge < -0.3 is 10.1 Å². The van der Waals surface area contributed by atoms with Crippen molar-refractivity contribution in [1.82, 2.24) is 9.29 Å². The summed E-state index contributed by atoms with van der Waals surface area (Å²) in [6.07, 6.45) is 1.09. The SMILES string of the molecule is CCN(CC(C)(C)O)S(=O)(=O)c1c[nH]c(=O)c(Cl)c1. The third kappa shape index (κ3) is 4.04. The topological polar surface area (TPSA) is 90.5 Å². The third-order valence-corrected chi connectivity index (χ3v) is 4.56. The maximum Gasteiger partial charge on any atom is 0.266 e. The number of hydrogen-bond donors (Lipinski definition) is 2. The van der Waals surface area contributed by atoms with Gasteiger partial charge in [-0.15, -0.1) is 0 Å². The Bertz CT molecular complexity index is 604. The molecule has 0 saturated carbocycles. The van der Waals surface area contributed by atoms with E-state index in [0.29, 0.717) is 0 Å².